The maximum absolute atomic E-state index is 13.7. The monoisotopic (exact) mass is 296 g/mol. The molecule has 7 nitrogen and oxygen atoms in total. The number of non-ortho nitro benzene ring substituents is 1. The van der Waals surface area contributed by atoms with Crippen molar-refractivity contribution in [2.45, 2.75) is 12.8 Å². The number of rotatable bonds is 4. The molecule has 1 N–H and O–H groups in total. The summed E-state index contributed by atoms with van der Waals surface area (Å²) >= 11 is 0. The first-order chi connectivity index (χ1) is 9.88. The summed E-state index contributed by atoms with van der Waals surface area (Å²) in [7, 11) is 0. The molecule has 112 valence electrons. The Morgan fingerprint density at radius 1 is 1.48 bits per heavy atom. The summed E-state index contributed by atoms with van der Waals surface area (Å²) < 4.78 is 13.7. The molecule has 0 bridgehead atoms. The van der Waals surface area contributed by atoms with Gasteiger partial charge >= 0.3 is 5.97 Å². The van der Waals surface area contributed by atoms with E-state index in [2.05, 4.69) is 0 Å². The minimum absolute atomic E-state index is 0.0544. The molecular weight excluding hydrogens is 283 g/mol. The Morgan fingerprint density at radius 3 is 2.81 bits per heavy atom. The van der Waals surface area contributed by atoms with E-state index in [0.717, 1.165) is 18.2 Å². The number of nitrogens with zero attached hydrogens (tertiary/aromatic N) is 2. The van der Waals surface area contributed by atoms with Crippen molar-refractivity contribution in [1.82, 2.24) is 4.90 Å². The molecule has 1 atom stereocenters. The van der Waals surface area contributed by atoms with Crippen molar-refractivity contribution >= 4 is 17.6 Å². The number of carboxylic acids is 1. The van der Waals surface area contributed by atoms with Gasteiger partial charge in [0.1, 0.15) is 5.82 Å². The number of carbonyl (C=O) groups excluding carboxylic acids is 1. The standard InChI is InChI=1S/C13H13FN2O5/c14-11-2-1-9(16(20)21)6-10(11)13(19)15-4-3-8(7-15)5-12(17)18/h1-2,6,8H,3-5,7H2,(H,17,18). The number of likely N-dealkylation sites (tertiary alicyclic amines) is 1. The smallest absolute Gasteiger partial charge is 0.303 e. The highest BCUT2D eigenvalue weighted by molar-refractivity contribution is 5.95. The summed E-state index contributed by atoms with van der Waals surface area (Å²) in [6.07, 6.45) is 0.468. The van der Waals surface area contributed by atoms with Crippen LogP contribution in [0, 0.1) is 21.8 Å². The van der Waals surface area contributed by atoms with Crippen LogP contribution in [0.2, 0.25) is 0 Å². The van der Waals surface area contributed by atoms with E-state index in [0.29, 0.717) is 13.0 Å². The summed E-state index contributed by atoms with van der Waals surface area (Å²) in [5.74, 6) is -2.60. The predicted octanol–water partition coefficient (Wildman–Crippen LogP) is 1.67. The molecule has 21 heavy (non-hydrogen) atoms. The van der Waals surface area contributed by atoms with Gasteiger partial charge < -0.3 is 10.0 Å². The Morgan fingerprint density at radius 2 is 2.19 bits per heavy atom. The molecule has 2 rings (SSSR count). The summed E-state index contributed by atoms with van der Waals surface area (Å²) in [4.78, 5) is 34.1. The van der Waals surface area contributed by atoms with Gasteiger partial charge in [0, 0.05) is 31.6 Å². The first-order valence-electron chi connectivity index (χ1n) is 6.33. The summed E-state index contributed by atoms with van der Waals surface area (Å²) in [5.41, 5.74) is -0.721. The number of hydrogen-bond donors (Lipinski definition) is 1. The Balaban J connectivity index is 2.15. The molecule has 1 aliphatic rings. The number of hydrogen-bond acceptors (Lipinski definition) is 4. The van der Waals surface area contributed by atoms with E-state index < -0.39 is 22.6 Å². The van der Waals surface area contributed by atoms with Gasteiger partial charge in [-0.3, -0.25) is 19.7 Å². The normalized spacial score (nSPS) is 17.8. The second kappa shape index (κ2) is 5.86. The van der Waals surface area contributed by atoms with Crippen LogP contribution in [0.1, 0.15) is 23.2 Å². The summed E-state index contributed by atoms with van der Waals surface area (Å²) in [6.45, 7) is 0.534. The van der Waals surface area contributed by atoms with Gasteiger partial charge in [-0.2, -0.15) is 0 Å². The zero-order valence-electron chi connectivity index (χ0n) is 11.0. The van der Waals surface area contributed by atoms with E-state index >= 15 is 0 Å². The van der Waals surface area contributed by atoms with E-state index in [1.165, 1.54) is 4.90 Å². The number of carbonyl (C=O) groups is 2. The van der Waals surface area contributed by atoms with Crippen molar-refractivity contribution in [3.63, 3.8) is 0 Å². The lowest BCUT2D eigenvalue weighted by atomic mass is 10.1. The lowest BCUT2D eigenvalue weighted by Gasteiger charge is -2.16. The van der Waals surface area contributed by atoms with Crippen LogP contribution in [-0.4, -0.2) is 39.9 Å². The SMILES string of the molecule is O=C(O)CC1CCN(C(=O)c2cc([N+](=O)[O-])ccc2F)C1. The lowest BCUT2D eigenvalue weighted by molar-refractivity contribution is -0.384. The second-order valence-corrected chi connectivity index (χ2v) is 4.92. The van der Waals surface area contributed by atoms with Gasteiger partial charge in [0.15, 0.2) is 0 Å². The topological polar surface area (TPSA) is 101 Å². The van der Waals surface area contributed by atoms with Gasteiger partial charge in [0.2, 0.25) is 0 Å². The van der Waals surface area contributed by atoms with Crippen molar-refractivity contribution in [2.24, 2.45) is 5.92 Å². The molecule has 0 aliphatic carbocycles. The second-order valence-electron chi connectivity index (χ2n) is 4.92. The van der Waals surface area contributed by atoms with Crippen molar-refractivity contribution < 1.29 is 24.0 Å². The van der Waals surface area contributed by atoms with Gasteiger partial charge in [0.05, 0.1) is 10.5 Å². The molecular formula is C13H13FN2O5. The van der Waals surface area contributed by atoms with E-state index in [1.807, 2.05) is 0 Å². The van der Waals surface area contributed by atoms with Crippen LogP contribution < -0.4 is 0 Å². The molecule has 0 saturated carbocycles. The minimum atomic E-state index is -0.948. The largest absolute Gasteiger partial charge is 0.481 e. The van der Waals surface area contributed by atoms with Gasteiger partial charge in [-0.25, -0.2) is 4.39 Å². The Hall–Kier alpha value is -2.51. The zero-order valence-corrected chi connectivity index (χ0v) is 11.0. The van der Waals surface area contributed by atoms with Crippen LogP contribution in [0.3, 0.4) is 0 Å². The fraction of sp³-hybridized carbons (Fsp3) is 0.385. The molecule has 0 aromatic heterocycles. The minimum Gasteiger partial charge on any atom is -0.481 e. The number of benzene rings is 1. The number of nitro benzene ring substituents is 1. The summed E-state index contributed by atoms with van der Waals surface area (Å²) in [6, 6.07) is 2.78. The van der Waals surface area contributed by atoms with Gasteiger partial charge in [-0.1, -0.05) is 0 Å². The molecule has 8 heteroatoms. The first-order valence-corrected chi connectivity index (χ1v) is 6.33. The van der Waals surface area contributed by atoms with E-state index in [1.54, 1.807) is 0 Å². The molecule has 1 amide bonds. The van der Waals surface area contributed by atoms with Crippen molar-refractivity contribution in [2.75, 3.05) is 13.1 Å². The number of carboxylic acid groups (broad SMARTS) is 1. The number of amides is 1. The van der Waals surface area contributed by atoms with Gasteiger partial charge in [-0.05, 0) is 18.4 Å². The average Bonchev–Trinajstić information content (AvgIpc) is 2.85. The predicted molar refractivity (Wildman–Crippen MR) is 69.3 cm³/mol. The van der Waals surface area contributed by atoms with Crippen LogP contribution in [0.5, 0.6) is 0 Å². The van der Waals surface area contributed by atoms with Gasteiger partial charge in [-0.15, -0.1) is 0 Å². The molecule has 1 saturated heterocycles. The molecule has 0 radical (unpaired) electrons. The maximum atomic E-state index is 13.7. The third kappa shape index (κ3) is 3.33. The first kappa shape index (κ1) is 14.9. The van der Waals surface area contributed by atoms with Crippen molar-refractivity contribution in [3.8, 4) is 0 Å². The van der Waals surface area contributed by atoms with Crippen molar-refractivity contribution in [3.05, 3.63) is 39.7 Å². The Labute approximate surface area is 119 Å². The summed E-state index contributed by atoms with van der Waals surface area (Å²) in [5, 5.41) is 19.4. The van der Waals surface area contributed by atoms with Crippen LogP contribution in [0.25, 0.3) is 0 Å². The van der Waals surface area contributed by atoms with Crippen LogP contribution in [0.15, 0.2) is 18.2 Å². The quantitative estimate of drug-likeness (QED) is 0.672. The van der Waals surface area contributed by atoms with Crippen LogP contribution >= 0.6 is 0 Å². The van der Waals surface area contributed by atoms with E-state index in [-0.39, 0.29) is 30.1 Å². The van der Waals surface area contributed by atoms with E-state index in [9.17, 15) is 24.1 Å². The third-order valence-corrected chi connectivity index (χ3v) is 3.43. The van der Waals surface area contributed by atoms with Crippen molar-refractivity contribution in [1.29, 1.82) is 0 Å². The number of aliphatic carboxylic acids is 1. The van der Waals surface area contributed by atoms with Crippen LogP contribution in [-0.2, 0) is 4.79 Å². The molecule has 1 unspecified atom stereocenters. The molecule has 1 aliphatic heterocycles. The fourth-order valence-electron chi connectivity index (χ4n) is 2.39. The highest BCUT2D eigenvalue weighted by atomic mass is 19.1. The number of nitro groups is 1. The Kier molecular flexibility index (Phi) is 4.15. The average molecular weight is 296 g/mol. The molecule has 1 aromatic rings. The van der Waals surface area contributed by atoms with Gasteiger partial charge in [0.25, 0.3) is 11.6 Å². The molecule has 1 fully saturated rings. The third-order valence-electron chi connectivity index (χ3n) is 3.43. The fourth-order valence-corrected chi connectivity index (χ4v) is 2.39. The lowest BCUT2D eigenvalue weighted by Crippen LogP contribution is -2.29. The maximum Gasteiger partial charge on any atom is 0.303 e. The molecule has 1 heterocycles. The Bertz CT molecular complexity index is 604. The zero-order chi connectivity index (χ0) is 15.6. The molecule has 1 aromatic carbocycles. The molecule has 0 spiro atoms. The van der Waals surface area contributed by atoms with E-state index in [4.69, 9.17) is 5.11 Å². The number of halogens is 1. The van der Waals surface area contributed by atoms with Crippen LogP contribution in [0.4, 0.5) is 10.1 Å². The highest BCUT2D eigenvalue weighted by Gasteiger charge is 2.30. The highest BCUT2D eigenvalue weighted by Crippen LogP contribution is 2.24.